The zero-order valence-electron chi connectivity index (χ0n) is 12.5. The van der Waals surface area contributed by atoms with Crippen LogP contribution in [-0.2, 0) is 0 Å². The second-order valence-corrected chi connectivity index (χ2v) is 8.59. The van der Waals surface area contributed by atoms with E-state index in [9.17, 15) is 4.79 Å². The fraction of sp³-hybridized carbons (Fsp3) is 0.625. The Balaban J connectivity index is 1.86. The topological polar surface area (TPSA) is 42.0 Å². The summed E-state index contributed by atoms with van der Waals surface area (Å²) in [5, 5.41) is 3.49. The monoisotopic (exact) mass is 370 g/mol. The fourth-order valence-corrected chi connectivity index (χ4v) is 4.97. The minimum atomic E-state index is -0.124. The molecule has 0 spiro atoms. The first-order valence-electron chi connectivity index (χ1n) is 7.36. The Hall–Kier alpha value is -0.610. The van der Waals surface area contributed by atoms with Gasteiger partial charge < -0.3 is 5.32 Å². The number of nitrogens with one attached hydrogen (secondary N) is 1. The van der Waals surface area contributed by atoms with Gasteiger partial charge in [0.05, 0.1) is 5.56 Å². The zero-order valence-corrected chi connectivity index (χ0v) is 14.9. The molecule has 1 heterocycles. The van der Waals surface area contributed by atoms with Crippen LogP contribution >= 0.6 is 27.5 Å². The van der Waals surface area contributed by atoms with Gasteiger partial charge in [-0.2, -0.15) is 0 Å². The summed E-state index contributed by atoms with van der Waals surface area (Å²) in [4.78, 5) is 16.7. The zero-order chi connectivity index (χ0) is 15.4. The third kappa shape index (κ3) is 2.40. The van der Waals surface area contributed by atoms with Gasteiger partial charge in [-0.3, -0.25) is 4.79 Å². The average molecular weight is 372 g/mol. The van der Waals surface area contributed by atoms with Crippen molar-refractivity contribution in [3.05, 3.63) is 27.5 Å². The average Bonchev–Trinajstić information content (AvgIpc) is 2.88. The summed E-state index contributed by atoms with van der Waals surface area (Å²) in [6.45, 7) is 6.84. The minimum Gasteiger partial charge on any atom is -0.348 e. The number of hydrogen-bond donors (Lipinski definition) is 1. The first-order chi connectivity index (χ1) is 9.74. The third-order valence-electron chi connectivity index (χ3n) is 5.60. The molecule has 3 nitrogen and oxygen atoms in total. The van der Waals surface area contributed by atoms with Gasteiger partial charge in [0.25, 0.3) is 5.91 Å². The Labute approximate surface area is 139 Å². The molecule has 5 heteroatoms. The number of pyridine rings is 1. The number of halogens is 2. The first kappa shape index (κ1) is 15.3. The van der Waals surface area contributed by atoms with E-state index in [4.69, 9.17) is 11.6 Å². The summed E-state index contributed by atoms with van der Waals surface area (Å²) in [5.41, 5.74) is 0.776. The van der Waals surface area contributed by atoms with Gasteiger partial charge in [0.2, 0.25) is 0 Å². The lowest BCUT2D eigenvalue weighted by Crippen LogP contribution is -2.52. The van der Waals surface area contributed by atoms with Crippen LogP contribution in [0, 0.1) is 16.7 Å². The molecule has 1 aromatic rings. The standard InChI is InChI=1S/C16H20BrClN2O/c1-15(2)9-4-5-16(3,7-9)14(15)20-13(21)11-6-10(17)8-19-12(11)18/h6,8-9,14H,4-5,7H2,1-3H3,(H,20,21). The van der Waals surface area contributed by atoms with E-state index in [2.05, 4.69) is 47.0 Å². The maximum atomic E-state index is 12.6. The van der Waals surface area contributed by atoms with Crippen molar-refractivity contribution in [2.75, 3.05) is 0 Å². The molecule has 2 saturated carbocycles. The molecule has 0 saturated heterocycles. The summed E-state index contributed by atoms with van der Waals surface area (Å²) in [6.07, 6.45) is 5.27. The van der Waals surface area contributed by atoms with Gasteiger partial charge in [-0.1, -0.05) is 32.4 Å². The van der Waals surface area contributed by atoms with Crippen LogP contribution in [0.1, 0.15) is 50.4 Å². The van der Waals surface area contributed by atoms with Crippen LogP contribution in [-0.4, -0.2) is 16.9 Å². The van der Waals surface area contributed by atoms with Gasteiger partial charge in [0.15, 0.2) is 0 Å². The van der Waals surface area contributed by atoms with Crippen molar-refractivity contribution in [3.63, 3.8) is 0 Å². The summed E-state index contributed by atoms with van der Waals surface area (Å²) in [6, 6.07) is 1.92. The van der Waals surface area contributed by atoms with E-state index in [0.717, 1.165) is 4.47 Å². The van der Waals surface area contributed by atoms with Crippen molar-refractivity contribution in [2.45, 2.75) is 46.1 Å². The molecule has 0 radical (unpaired) electrons. The number of carbonyl (C=O) groups excluding carboxylic acids is 1. The maximum absolute atomic E-state index is 12.6. The highest BCUT2D eigenvalue weighted by Gasteiger charge is 2.59. The van der Waals surface area contributed by atoms with Crippen molar-refractivity contribution < 1.29 is 4.79 Å². The molecule has 3 rings (SSSR count). The lowest BCUT2D eigenvalue weighted by atomic mass is 9.68. The highest BCUT2D eigenvalue weighted by Crippen LogP contribution is 2.62. The van der Waals surface area contributed by atoms with E-state index in [0.29, 0.717) is 11.5 Å². The molecular weight excluding hydrogens is 352 g/mol. The van der Waals surface area contributed by atoms with Gasteiger partial charge in [-0.25, -0.2) is 4.98 Å². The lowest BCUT2D eigenvalue weighted by Gasteiger charge is -2.43. The fourth-order valence-electron chi connectivity index (χ4n) is 4.45. The molecule has 2 aliphatic rings. The number of nitrogens with zero attached hydrogens (tertiary/aromatic N) is 1. The summed E-state index contributed by atoms with van der Waals surface area (Å²) in [7, 11) is 0. The molecule has 3 atom stereocenters. The highest BCUT2D eigenvalue weighted by atomic mass is 79.9. The molecule has 2 bridgehead atoms. The lowest BCUT2D eigenvalue weighted by molar-refractivity contribution is 0.0737. The second kappa shape index (κ2) is 4.95. The molecule has 3 unspecified atom stereocenters. The maximum Gasteiger partial charge on any atom is 0.254 e. The molecule has 21 heavy (non-hydrogen) atoms. The number of amides is 1. The van der Waals surface area contributed by atoms with Crippen molar-refractivity contribution in [1.82, 2.24) is 10.3 Å². The van der Waals surface area contributed by atoms with Gasteiger partial charge in [0, 0.05) is 16.7 Å². The summed E-state index contributed by atoms with van der Waals surface area (Å²) < 4.78 is 0.760. The van der Waals surface area contributed by atoms with E-state index in [1.807, 2.05) is 0 Å². The van der Waals surface area contributed by atoms with Crippen LogP contribution in [0.25, 0.3) is 0 Å². The van der Waals surface area contributed by atoms with Crippen LogP contribution < -0.4 is 5.32 Å². The summed E-state index contributed by atoms with van der Waals surface area (Å²) in [5.74, 6) is 0.574. The number of rotatable bonds is 2. The number of hydrogen-bond acceptors (Lipinski definition) is 2. The molecule has 1 N–H and O–H groups in total. The molecular formula is C16H20BrClN2O. The number of carbonyl (C=O) groups is 1. The molecule has 2 aliphatic carbocycles. The van der Waals surface area contributed by atoms with Crippen LogP contribution in [0.4, 0.5) is 0 Å². The van der Waals surface area contributed by atoms with Gasteiger partial charge in [-0.15, -0.1) is 0 Å². The number of fused-ring (bicyclic) bond motifs is 2. The third-order valence-corrected chi connectivity index (χ3v) is 6.33. The Kier molecular flexibility index (Phi) is 3.61. The highest BCUT2D eigenvalue weighted by molar-refractivity contribution is 9.10. The Morgan fingerprint density at radius 2 is 2.19 bits per heavy atom. The van der Waals surface area contributed by atoms with Gasteiger partial charge in [-0.05, 0) is 58.0 Å². The first-order valence-corrected chi connectivity index (χ1v) is 8.53. The largest absolute Gasteiger partial charge is 0.348 e. The van der Waals surface area contributed by atoms with Crippen LogP contribution in [0.3, 0.4) is 0 Å². The van der Waals surface area contributed by atoms with E-state index in [1.54, 1.807) is 12.3 Å². The van der Waals surface area contributed by atoms with Gasteiger partial charge in [0.1, 0.15) is 5.15 Å². The van der Waals surface area contributed by atoms with E-state index >= 15 is 0 Å². The molecule has 1 aromatic heterocycles. The molecule has 1 amide bonds. The normalized spacial score (nSPS) is 33.2. The van der Waals surface area contributed by atoms with Crippen molar-refractivity contribution in [2.24, 2.45) is 16.7 Å². The Bertz CT molecular complexity index is 599. The van der Waals surface area contributed by atoms with Gasteiger partial charge >= 0.3 is 0 Å². The molecule has 0 aromatic carbocycles. The second-order valence-electron chi connectivity index (χ2n) is 7.31. The molecule has 0 aliphatic heterocycles. The number of aromatic nitrogens is 1. The molecule has 114 valence electrons. The Morgan fingerprint density at radius 3 is 2.81 bits per heavy atom. The quantitative estimate of drug-likeness (QED) is 0.781. The predicted octanol–water partition coefficient (Wildman–Crippen LogP) is 4.44. The summed E-state index contributed by atoms with van der Waals surface area (Å²) >= 11 is 9.41. The van der Waals surface area contributed by atoms with Crippen molar-refractivity contribution >= 4 is 33.4 Å². The molecule has 2 fully saturated rings. The van der Waals surface area contributed by atoms with E-state index in [1.165, 1.54) is 19.3 Å². The predicted molar refractivity (Wildman–Crippen MR) is 87.4 cm³/mol. The minimum absolute atomic E-state index is 0.124. The Morgan fingerprint density at radius 1 is 1.48 bits per heavy atom. The van der Waals surface area contributed by atoms with Crippen molar-refractivity contribution in [3.8, 4) is 0 Å². The van der Waals surface area contributed by atoms with E-state index < -0.39 is 0 Å². The van der Waals surface area contributed by atoms with Crippen LogP contribution in [0.15, 0.2) is 16.7 Å². The van der Waals surface area contributed by atoms with E-state index in [-0.39, 0.29) is 27.9 Å². The van der Waals surface area contributed by atoms with Crippen LogP contribution in [0.5, 0.6) is 0 Å². The van der Waals surface area contributed by atoms with Crippen molar-refractivity contribution in [1.29, 1.82) is 0 Å². The smallest absolute Gasteiger partial charge is 0.254 e. The SMILES string of the molecule is CC12CCC(C1)C(C)(C)C2NC(=O)c1cc(Br)cnc1Cl. The van der Waals surface area contributed by atoms with Crippen LogP contribution in [0.2, 0.25) is 5.15 Å².